The molecule has 2 aromatic heterocycles. The van der Waals surface area contributed by atoms with Gasteiger partial charge in [-0.2, -0.15) is 9.40 Å². The van der Waals surface area contributed by atoms with Crippen molar-refractivity contribution in [2.75, 3.05) is 14.1 Å². The third-order valence-corrected chi connectivity index (χ3v) is 5.69. The minimum absolute atomic E-state index is 0.0730. The van der Waals surface area contributed by atoms with Crippen LogP contribution in [0.5, 0.6) is 0 Å². The lowest BCUT2D eigenvalue weighted by Gasteiger charge is -2.15. The van der Waals surface area contributed by atoms with Crippen LogP contribution in [0.3, 0.4) is 0 Å². The molecule has 0 aliphatic heterocycles. The number of nitrogens with one attached hydrogen (secondary N) is 2. The lowest BCUT2D eigenvalue weighted by atomic mass is 10.3. The summed E-state index contributed by atoms with van der Waals surface area (Å²) in [6.45, 7) is 4.38. The van der Waals surface area contributed by atoms with Crippen LogP contribution < -0.4 is 5.32 Å². The number of aromatic amines is 1. The van der Waals surface area contributed by atoms with E-state index in [9.17, 15) is 8.42 Å². The van der Waals surface area contributed by atoms with Crippen LogP contribution in [0.15, 0.2) is 10.4 Å². The predicted octanol–water partition coefficient (Wildman–Crippen LogP) is 1.02. The van der Waals surface area contributed by atoms with Crippen LogP contribution >= 0.6 is 11.3 Å². The van der Waals surface area contributed by atoms with E-state index < -0.39 is 10.0 Å². The number of hydrogen-bond acceptors (Lipinski definition) is 6. The summed E-state index contributed by atoms with van der Waals surface area (Å²) in [5, 5.41) is 12.5. The number of H-pyrrole nitrogens is 1. The maximum absolute atomic E-state index is 12.6. The second-order valence-corrected chi connectivity index (χ2v) is 7.80. The molecule has 0 saturated carbocycles. The Bertz CT molecular complexity index is 720. The van der Waals surface area contributed by atoms with Gasteiger partial charge in [0.2, 0.25) is 0 Å². The molecule has 9 heteroatoms. The smallest absolute Gasteiger partial charge is 0.262 e. The Morgan fingerprint density at radius 2 is 2.14 bits per heavy atom. The standard InChI is InChI=1S/C12H19N5O2S2/c1-8-11(5-13-3)12(16-15-8)21(18,19)17(4)6-10-7-20-9(2)14-10/h7,13H,5-6H2,1-4H3,(H,15,16). The Balaban J connectivity index is 2.28. The lowest BCUT2D eigenvalue weighted by Crippen LogP contribution is -2.28. The first kappa shape index (κ1) is 16.1. The van der Waals surface area contributed by atoms with Crippen molar-refractivity contribution in [2.24, 2.45) is 0 Å². The second kappa shape index (κ2) is 6.22. The van der Waals surface area contributed by atoms with Gasteiger partial charge in [0.1, 0.15) is 0 Å². The molecule has 21 heavy (non-hydrogen) atoms. The van der Waals surface area contributed by atoms with Crippen LogP contribution in [-0.4, -0.2) is 42.0 Å². The van der Waals surface area contributed by atoms with E-state index in [-0.39, 0.29) is 11.6 Å². The fourth-order valence-corrected chi connectivity index (χ4v) is 3.87. The van der Waals surface area contributed by atoms with E-state index in [2.05, 4.69) is 20.5 Å². The molecule has 0 saturated heterocycles. The minimum Gasteiger partial charge on any atom is -0.316 e. The van der Waals surface area contributed by atoms with Gasteiger partial charge < -0.3 is 5.32 Å². The summed E-state index contributed by atoms with van der Waals surface area (Å²) in [5.41, 5.74) is 2.16. The molecule has 2 heterocycles. The molecular formula is C12H19N5O2S2. The van der Waals surface area contributed by atoms with Crippen molar-refractivity contribution in [1.29, 1.82) is 0 Å². The van der Waals surface area contributed by atoms with Crippen molar-refractivity contribution in [3.05, 3.63) is 27.3 Å². The van der Waals surface area contributed by atoms with E-state index in [0.29, 0.717) is 12.1 Å². The highest BCUT2D eigenvalue weighted by Gasteiger charge is 2.28. The van der Waals surface area contributed by atoms with Crippen molar-refractivity contribution in [3.8, 4) is 0 Å². The Hall–Kier alpha value is -1.29. The van der Waals surface area contributed by atoms with Gasteiger partial charge in [0.25, 0.3) is 10.0 Å². The molecule has 0 unspecified atom stereocenters. The summed E-state index contributed by atoms with van der Waals surface area (Å²) >= 11 is 1.50. The summed E-state index contributed by atoms with van der Waals surface area (Å²) in [6.07, 6.45) is 0. The van der Waals surface area contributed by atoms with E-state index >= 15 is 0 Å². The number of rotatable bonds is 6. The van der Waals surface area contributed by atoms with Crippen LogP contribution in [0.1, 0.15) is 22.0 Å². The largest absolute Gasteiger partial charge is 0.316 e. The Morgan fingerprint density at radius 1 is 1.43 bits per heavy atom. The van der Waals surface area contributed by atoms with Gasteiger partial charge in [-0.05, 0) is 20.9 Å². The first-order valence-electron chi connectivity index (χ1n) is 6.42. The number of hydrogen-bond donors (Lipinski definition) is 2. The molecule has 0 fully saturated rings. The van der Waals surface area contributed by atoms with Crippen molar-refractivity contribution >= 4 is 21.4 Å². The third kappa shape index (κ3) is 3.31. The van der Waals surface area contributed by atoms with Gasteiger partial charge in [0.15, 0.2) is 5.03 Å². The normalized spacial score (nSPS) is 12.2. The number of sulfonamides is 1. The molecule has 2 N–H and O–H groups in total. The number of aryl methyl sites for hydroxylation is 2. The molecule has 116 valence electrons. The van der Waals surface area contributed by atoms with E-state index in [4.69, 9.17) is 0 Å². The highest BCUT2D eigenvalue weighted by Crippen LogP contribution is 2.21. The zero-order chi connectivity index (χ0) is 15.6. The molecule has 0 aliphatic rings. The maximum atomic E-state index is 12.6. The average Bonchev–Trinajstić information content (AvgIpc) is 2.98. The molecule has 2 aromatic rings. The van der Waals surface area contributed by atoms with Crippen LogP contribution in [-0.2, 0) is 23.1 Å². The van der Waals surface area contributed by atoms with E-state index in [0.717, 1.165) is 16.4 Å². The SMILES string of the molecule is CNCc1c(S(=O)(=O)N(C)Cc2csc(C)n2)n[nH]c1C. The Labute approximate surface area is 128 Å². The van der Waals surface area contributed by atoms with E-state index in [1.54, 1.807) is 7.05 Å². The van der Waals surface area contributed by atoms with Gasteiger partial charge in [-0.1, -0.05) is 0 Å². The maximum Gasteiger partial charge on any atom is 0.262 e. The molecule has 0 aliphatic carbocycles. The van der Waals surface area contributed by atoms with Gasteiger partial charge >= 0.3 is 0 Å². The monoisotopic (exact) mass is 329 g/mol. The van der Waals surface area contributed by atoms with E-state index in [1.165, 1.54) is 22.7 Å². The fourth-order valence-electron chi connectivity index (χ4n) is 1.97. The Morgan fingerprint density at radius 3 is 2.71 bits per heavy atom. The molecule has 0 spiro atoms. The minimum atomic E-state index is -3.64. The molecule has 0 radical (unpaired) electrons. The van der Waals surface area contributed by atoms with Crippen molar-refractivity contribution < 1.29 is 8.42 Å². The third-order valence-electron chi connectivity index (χ3n) is 3.10. The highest BCUT2D eigenvalue weighted by atomic mass is 32.2. The predicted molar refractivity (Wildman–Crippen MR) is 81.6 cm³/mol. The molecule has 0 bridgehead atoms. The average molecular weight is 329 g/mol. The molecule has 0 atom stereocenters. The van der Waals surface area contributed by atoms with Crippen LogP contribution in [0, 0.1) is 13.8 Å². The molecule has 2 rings (SSSR count). The van der Waals surface area contributed by atoms with Crippen molar-refractivity contribution in [1.82, 2.24) is 24.8 Å². The molecule has 0 aromatic carbocycles. The molecular weight excluding hydrogens is 310 g/mol. The van der Waals surface area contributed by atoms with Crippen molar-refractivity contribution in [3.63, 3.8) is 0 Å². The Kier molecular flexibility index (Phi) is 4.77. The lowest BCUT2D eigenvalue weighted by molar-refractivity contribution is 0.458. The highest BCUT2D eigenvalue weighted by molar-refractivity contribution is 7.89. The topological polar surface area (TPSA) is 91.0 Å². The number of nitrogens with zero attached hydrogens (tertiary/aromatic N) is 3. The first-order valence-corrected chi connectivity index (χ1v) is 8.74. The van der Waals surface area contributed by atoms with Gasteiger partial charge in [-0.15, -0.1) is 11.3 Å². The number of thiazole rings is 1. The summed E-state index contributed by atoms with van der Waals surface area (Å²) in [4.78, 5) is 4.29. The zero-order valence-corrected chi connectivity index (χ0v) is 14.1. The molecule has 0 amide bonds. The summed E-state index contributed by atoms with van der Waals surface area (Å²) in [5.74, 6) is 0. The first-order chi connectivity index (χ1) is 9.86. The number of aromatic nitrogens is 3. The van der Waals surface area contributed by atoms with Crippen LogP contribution in [0.25, 0.3) is 0 Å². The van der Waals surface area contributed by atoms with Crippen LogP contribution in [0.2, 0.25) is 0 Å². The van der Waals surface area contributed by atoms with Gasteiger partial charge in [-0.3, -0.25) is 5.10 Å². The zero-order valence-electron chi connectivity index (χ0n) is 12.5. The van der Waals surface area contributed by atoms with Gasteiger partial charge in [0, 0.05) is 30.2 Å². The molecule has 7 nitrogen and oxygen atoms in total. The fraction of sp³-hybridized carbons (Fsp3) is 0.500. The van der Waals surface area contributed by atoms with E-state index in [1.807, 2.05) is 19.2 Å². The van der Waals surface area contributed by atoms with Gasteiger partial charge in [-0.25, -0.2) is 13.4 Å². The quantitative estimate of drug-likeness (QED) is 0.826. The summed E-state index contributed by atoms with van der Waals surface area (Å²) in [7, 11) is -0.337. The van der Waals surface area contributed by atoms with Crippen molar-refractivity contribution in [2.45, 2.75) is 32.0 Å². The van der Waals surface area contributed by atoms with Crippen LogP contribution in [0.4, 0.5) is 0 Å². The summed E-state index contributed by atoms with van der Waals surface area (Å²) in [6, 6.07) is 0. The van der Waals surface area contributed by atoms with Gasteiger partial charge in [0.05, 0.1) is 17.2 Å². The second-order valence-electron chi connectivity index (χ2n) is 4.78. The summed E-state index contributed by atoms with van der Waals surface area (Å²) < 4.78 is 26.6.